The molecule has 0 spiro atoms. The Kier molecular flexibility index (Phi) is 15.6. The normalized spacial score (nSPS) is 10.8. The van der Waals surface area contributed by atoms with Crippen molar-refractivity contribution in [2.75, 3.05) is 19.1 Å². The van der Waals surface area contributed by atoms with Crippen molar-refractivity contribution >= 4 is 23.5 Å². The Morgan fingerprint density at radius 1 is 0.773 bits per heavy atom. The first-order valence-corrected chi connectivity index (χ1v) is 8.81. The summed E-state index contributed by atoms with van der Waals surface area (Å²) < 4.78 is 9.68. The second-order valence-electron chi connectivity index (χ2n) is 5.19. The quantitative estimate of drug-likeness (QED) is 0.205. The number of alkyl halides is 1. The molecule has 0 aromatic rings. The van der Waals surface area contributed by atoms with Gasteiger partial charge in [-0.25, -0.2) is 9.59 Å². The smallest absolute Gasteiger partial charge is 0.331 e. The van der Waals surface area contributed by atoms with Crippen LogP contribution in [0.25, 0.3) is 0 Å². The zero-order chi connectivity index (χ0) is 16.5. The van der Waals surface area contributed by atoms with Crippen LogP contribution in [0.2, 0.25) is 0 Å². The lowest BCUT2D eigenvalue weighted by molar-refractivity contribution is -0.140. The van der Waals surface area contributed by atoms with Crippen molar-refractivity contribution < 1.29 is 19.1 Å². The van der Waals surface area contributed by atoms with E-state index in [4.69, 9.17) is 16.3 Å². The zero-order valence-electron chi connectivity index (χ0n) is 13.7. The highest BCUT2D eigenvalue weighted by atomic mass is 35.5. The molecule has 0 N–H and O–H groups in total. The molecule has 0 atom stereocenters. The largest absolute Gasteiger partial charge is 0.463 e. The monoisotopic (exact) mass is 332 g/mol. The third kappa shape index (κ3) is 15.4. The average Bonchev–Trinajstić information content (AvgIpc) is 2.52. The molecule has 5 heteroatoms. The van der Waals surface area contributed by atoms with Gasteiger partial charge in [-0.1, -0.05) is 58.3 Å². The van der Waals surface area contributed by atoms with Crippen molar-refractivity contribution in [3.8, 4) is 0 Å². The molecule has 0 unspecified atom stereocenters. The zero-order valence-corrected chi connectivity index (χ0v) is 14.4. The summed E-state index contributed by atoms with van der Waals surface area (Å²) in [6.45, 7) is 2.76. The molecular weight excluding hydrogens is 304 g/mol. The van der Waals surface area contributed by atoms with Crippen LogP contribution in [0.15, 0.2) is 12.2 Å². The molecule has 0 aliphatic heterocycles. The molecule has 0 aliphatic carbocycles. The summed E-state index contributed by atoms with van der Waals surface area (Å²) in [4.78, 5) is 22.4. The highest BCUT2D eigenvalue weighted by Crippen LogP contribution is 2.09. The fourth-order valence-corrected chi connectivity index (χ4v) is 2.03. The van der Waals surface area contributed by atoms with Gasteiger partial charge in [0.15, 0.2) is 0 Å². The van der Waals surface area contributed by atoms with Gasteiger partial charge in [-0.3, -0.25) is 0 Å². The van der Waals surface area contributed by atoms with E-state index in [1.165, 1.54) is 44.9 Å². The molecule has 0 bridgehead atoms. The van der Waals surface area contributed by atoms with Crippen molar-refractivity contribution in [2.24, 2.45) is 0 Å². The fraction of sp³-hybridized carbons (Fsp3) is 0.765. The van der Waals surface area contributed by atoms with Crippen molar-refractivity contribution in [3.05, 3.63) is 12.2 Å². The molecule has 128 valence electrons. The number of hydrogen-bond donors (Lipinski definition) is 0. The predicted octanol–water partition coefficient (Wildman–Crippen LogP) is 4.40. The third-order valence-electron chi connectivity index (χ3n) is 3.17. The number of hydrogen-bond acceptors (Lipinski definition) is 4. The van der Waals surface area contributed by atoms with Crippen LogP contribution >= 0.6 is 11.6 Å². The minimum absolute atomic E-state index is 0.137. The molecule has 0 aromatic carbocycles. The van der Waals surface area contributed by atoms with Crippen molar-refractivity contribution in [1.82, 2.24) is 0 Å². The summed E-state index contributed by atoms with van der Waals surface area (Å²) in [5.41, 5.74) is 0. The van der Waals surface area contributed by atoms with E-state index < -0.39 is 11.9 Å². The Balaban J connectivity index is 3.38. The van der Waals surface area contributed by atoms with Crippen molar-refractivity contribution in [3.63, 3.8) is 0 Å². The lowest BCUT2D eigenvalue weighted by Gasteiger charge is -2.03. The molecule has 0 heterocycles. The Bertz CT molecular complexity index is 316. The number of rotatable bonds is 14. The van der Waals surface area contributed by atoms with Crippen LogP contribution in [-0.4, -0.2) is 31.0 Å². The van der Waals surface area contributed by atoms with Gasteiger partial charge in [0.2, 0.25) is 0 Å². The van der Waals surface area contributed by atoms with Gasteiger partial charge < -0.3 is 9.47 Å². The highest BCUT2D eigenvalue weighted by molar-refractivity contribution is 6.18. The highest BCUT2D eigenvalue weighted by Gasteiger charge is 2.00. The number of ether oxygens (including phenoxy) is 2. The maximum Gasteiger partial charge on any atom is 0.331 e. The third-order valence-corrected chi connectivity index (χ3v) is 3.32. The van der Waals surface area contributed by atoms with Crippen LogP contribution in [0.5, 0.6) is 0 Å². The van der Waals surface area contributed by atoms with Crippen LogP contribution in [0, 0.1) is 0 Å². The SMILES string of the molecule is CCCCCCCCCCCOC(=O)/C=C/C(=O)OCCCl. The Morgan fingerprint density at radius 3 is 1.73 bits per heavy atom. The first kappa shape index (κ1) is 21.0. The van der Waals surface area contributed by atoms with Gasteiger partial charge in [0.05, 0.1) is 12.5 Å². The Labute approximate surface area is 139 Å². The van der Waals surface area contributed by atoms with Crippen LogP contribution in [0.3, 0.4) is 0 Å². The number of carbonyl (C=O) groups is 2. The summed E-state index contributed by atoms with van der Waals surface area (Å²) in [5, 5.41) is 0. The number of esters is 2. The maximum atomic E-state index is 11.3. The summed E-state index contributed by atoms with van der Waals surface area (Å²) in [6.07, 6.45) is 13.1. The van der Waals surface area contributed by atoms with Gasteiger partial charge in [0, 0.05) is 12.2 Å². The molecule has 0 aromatic heterocycles. The summed E-state index contributed by atoms with van der Waals surface area (Å²) in [7, 11) is 0. The molecule has 0 fully saturated rings. The fourth-order valence-electron chi connectivity index (χ4n) is 1.96. The molecule has 0 rings (SSSR count). The second-order valence-corrected chi connectivity index (χ2v) is 5.56. The number of unbranched alkanes of at least 4 members (excludes halogenated alkanes) is 8. The average molecular weight is 333 g/mol. The van der Waals surface area contributed by atoms with E-state index in [2.05, 4.69) is 11.7 Å². The van der Waals surface area contributed by atoms with Crippen LogP contribution in [0.1, 0.15) is 64.7 Å². The van der Waals surface area contributed by atoms with E-state index in [0.717, 1.165) is 25.0 Å². The minimum Gasteiger partial charge on any atom is -0.463 e. The molecule has 0 aliphatic rings. The molecule has 0 amide bonds. The Hall–Kier alpha value is -1.03. The number of carbonyl (C=O) groups excluding carboxylic acids is 2. The van der Waals surface area contributed by atoms with E-state index >= 15 is 0 Å². The van der Waals surface area contributed by atoms with Crippen LogP contribution in [0.4, 0.5) is 0 Å². The lowest BCUT2D eigenvalue weighted by atomic mass is 10.1. The predicted molar refractivity (Wildman–Crippen MR) is 89.0 cm³/mol. The van der Waals surface area contributed by atoms with E-state index in [0.29, 0.717) is 6.61 Å². The molecule has 22 heavy (non-hydrogen) atoms. The van der Waals surface area contributed by atoms with E-state index in [9.17, 15) is 9.59 Å². The molecule has 0 saturated carbocycles. The minimum atomic E-state index is -0.583. The van der Waals surface area contributed by atoms with Gasteiger partial charge in [0.25, 0.3) is 0 Å². The van der Waals surface area contributed by atoms with Crippen LogP contribution < -0.4 is 0 Å². The van der Waals surface area contributed by atoms with E-state index in [1.807, 2.05) is 0 Å². The summed E-state index contributed by atoms with van der Waals surface area (Å²) >= 11 is 5.37. The first-order valence-electron chi connectivity index (χ1n) is 8.28. The topological polar surface area (TPSA) is 52.6 Å². The van der Waals surface area contributed by atoms with Gasteiger partial charge >= 0.3 is 11.9 Å². The summed E-state index contributed by atoms with van der Waals surface area (Å²) in [6, 6.07) is 0. The Morgan fingerprint density at radius 2 is 1.23 bits per heavy atom. The van der Waals surface area contributed by atoms with E-state index in [-0.39, 0.29) is 12.5 Å². The maximum absolute atomic E-state index is 11.3. The second kappa shape index (κ2) is 16.3. The standard InChI is InChI=1S/C17H29ClO4/c1-2-3-4-5-6-7-8-9-10-14-21-16(19)11-12-17(20)22-15-13-18/h11-12H,2-10,13-15H2,1H3/b12-11+. The first-order chi connectivity index (χ1) is 10.7. The van der Waals surface area contributed by atoms with Crippen molar-refractivity contribution in [2.45, 2.75) is 64.7 Å². The lowest BCUT2D eigenvalue weighted by Crippen LogP contribution is -2.06. The van der Waals surface area contributed by atoms with Crippen LogP contribution in [-0.2, 0) is 19.1 Å². The van der Waals surface area contributed by atoms with Gasteiger partial charge in [-0.05, 0) is 6.42 Å². The van der Waals surface area contributed by atoms with E-state index in [1.54, 1.807) is 0 Å². The molecule has 0 radical (unpaired) electrons. The van der Waals surface area contributed by atoms with Crippen molar-refractivity contribution in [1.29, 1.82) is 0 Å². The molecule has 0 saturated heterocycles. The van der Waals surface area contributed by atoms with Gasteiger partial charge in [-0.15, -0.1) is 11.6 Å². The number of halogens is 1. The summed E-state index contributed by atoms with van der Waals surface area (Å²) in [5.74, 6) is -0.856. The molecular formula is C17H29ClO4. The van der Waals surface area contributed by atoms with Gasteiger partial charge in [0.1, 0.15) is 6.61 Å². The van der Waals surface area contributed by atoms with Gasteiger partial charge in [-0.2, -0.15) is 0 Å². The molecule has 4 nitrogen and oxygen atoms in total.